The molecule has 116 valence electrons. The first kappa shape index (κ1) is 19.1. The molecule has 0 aromatic carbocycles. The Balaban J connectivity index is 0.00000324. The molecule has 1 aliphatic carbocycles. The van der Waals surface area contributed by atoms with E-state index in [0.29, 0.717) is 19.1 Å². The molecule has 1 rings (SSSR count). The first-order valence-corrected chi connectivity index (χ1v) is 8.52. The molecule has 1 unspecified atom stereocenters. The van der Waals surface area contributed by atoms with Gasteiger partial charge < -0.3 is 10.5 Å². The van der Waals surface area contributed by atoms with Crippen molar-refractivity contribution in [3.63, 3.8) is 0 Å². The summed E-state index contributed by atoms with van der Waals surface area (Å²) in [5.74, 6) is 0.412. The highest BCUT2D eigenvalue weighted by molar-refractivity contribution is 7.89. The van der Waals surface area contributed by atoms with Gasteiger partial charge in [0.1, 0.15) is 0 Å². The normalized spacial score (nSPS) is 18.8. The summed E-state index contributed by atoms with van der Waals surface area (Å²) in [7, 11) is -3.27. The molecule has 7 heteroatoms. The monoisotopic (exact) mass is 314 g/mol. The zero-order valence-electron chi connectivity index (χ0n) is 11.6. The summed E-state index contributed by atoms with van der Waals surface area (Å²) in [4.78, 5) is 0. The van der Waals surface area contributed by atoms with Gasteiger partial charge in [-0.1, -0.05) is 19.3 Å². The van der Waals surface area contributed by atoms with Gasteiger partial charge in [0, 0.05) is 19.2 Å². The molecule has 0 amide bonds. The number of nitrogens with one attached hydrogen (secondary N) is 1. The van der Waals surface area contributed by atoms with Crippen molar-refractivity contribution in [3.05, 3.63) is 0 Å². The van der Waals surface area contributed by atoms with Crippen molar-refractivity contribution in [2.45, 2.75) is 45.1 Å². The second-order valence-corrected chi connectivity index (χ2v) is 6.75. The topological polar surface area (TPSA) is 81.4 Å². The quantitative estimate of drug-likeness (QED) is 0.661. The minimum absolute atomic E-state index is 0. The van der Waals surface area contributed by atoms with Crippen molar-refractivity contribution in [1.29, 1.82) is 0 Å². The Kier molecular flexibility index (Phi) is 10.00. The molecule has 0 bridgehead atoms. The van der Waals surface area contributed by atoms with Gasteiger partial charge in [0.25, 0.3) is 0 Å². The molecule has 1 aliphatic rings. The minimum atomic E-state index is -3.27. The van der Waals surface area contributed by atoms with Gasteiger partial charge in [-0.2, -0.15) is 0 Å². The van der Waals surface area contributed by atoms with E-state index in [2.05, 4.69) is 4.72 Å². The van der Waals surface area contributed by atoms with E-state index >= 15 is 0 Å². The van der Waals surface area contributed by atoms with Crippen LogP contribution in [0, 0.1) is 5.92 Å². The van der Waals surface area contributed by atoms with Gasteiger partial charge in [0.15, 0.2) is 0 Å². The summed E-state index contributed by atoms with van der Waals surface area (Å²) in [5.41, 5.74) is 5.71. The fraction of sp³-hybridized carbons (Fsp3) is 1.00. The Hall–Kier alpha value is 0.120. The van der Waals surface area contributed by atoms with Crippen LogP contribution in [-0.4, -0.2) is 40.0 Å². The molecule has 0 spiro atoms. The molecule has 0 heterocycles. The predicted octanol–water partition coefficient (Wildman–Crippen LogP) is 1.27. The van der Waals surface area contributed by atoms with Crippen LogP contribution in [0.5, 0.6) is 0 Å². The number of halogens is 1. The fourth-order valence-electron chi connectivity index (χ4n) is 2.48. The van der Waals surface area contributed by atoms with E-state index in [1.807, 2.05) is 6.92 Å². The maximum Gasteiger partial charge on any atom is 0.214 e. The number of nitrogens with two attached hydrogens (primary N) is 1. The summed E-state index contributed by atoms with van der Waals surface area (Å²) >= 11 is 0. The van der Waals surface area contributed by atoms with Gasteiger partial charge in [-0.05, 0) is 25.7 Å². The van der Waals surface area contributed by atoms with Crippen molar-refractivity contribution in [1.82, 2.24) is 4.72 Å². The predicted molar refractivity (Wildman–Crippen MR) is 80.1 cm³/mol. The molecule has 19 heavy (non-hydrogen) atoms. The maximum atomic E-state index is 11.9. The van der Waals surface area contributed by atoms with Crippen molar-refractivity contribution in [2.75, 3.05) is 25.5 Å². The van der Waals surface area contributed by atoms with E-state index in [1.165, 1.54) is 19.3 Å². The summed E-state index contributed by atoms with van der Waals surface area (Å²) in [6.45, 7) is 3.01. The van der Waals surface area contributed by atoms with Crippen LogP contribution in [0.4, 0.5) is 0 Å². The first-order valence-electron chi connectivity index (χ1n) is 6.87. The Morgan fingerprint density at radius 1 is 1.32 bits per heavy atom. The van der Waals surface area contributed by atoms with E-state index in [1.54, 1.807) is 0 Å². The van der Waals surface area contributed by atoms with Crippen LogP contribution in [0.1, 0.15) is 39.0 Å². The van der Waals surface area contributed by atoms with Gasteiger partial charge in [0.2, 0.25) is 10.0 Å². The molecule has 5 nitrogen and oxygen atoms in total. The van der Waals surface area contributed by atoms with E-state index in [4.69, 9.17) is 10.5 Å². The average molecular weight is 315 g/mol. The molecule has 1 atom stereocenters. The number of rotatable bonds is 8. The second kappa shape index (κ2) is 9.94. The molecule has 0 aliphatic heterocycles. The Bertz CT molecular complexity index is 319. The molecule has 1 fully saturated rings. The van der Waals surface area contributed by atoms with E-state index in [0.717, 1.165) is 12.8 Å². The lowest BCUT2D eigenvalue weighted by Gasteiger charge is -2.29. The third-order valence-electron chi connectivity index (χ3n) is 3.50. The van der Waals surface area contributed by atoms with Crippen molar-refractivity contribution < 1.29 is 13.2 Å². The highest BCUT2D eigenvalue weighted by atomic mass is 35.5. The SMILES string of the molecule is CCOCCS(=O)(=O)NC(CN)C1CCCCC1.Cl. The van der Waals surface area contributed by atoms with Gasteiger partial charge in [-0.25, -0.2) is 13.1 Å². The minimum Gasteiger partial charge on any atom is -0.381 e. The van der Waals surface area contributed by atoms with Crippen LogP contribution in [0.3, 0.4) is 0 Å². The molecule has 1 saturated carbocycles. The summed E-state index contributed by atoms with van der Waals surface area (Å²) in [6.07, 6.45) is 5.78. The van der Waals surface area contributed by atoms with Crippen LogP contribution in [0.25, 0.3) is 0 Å². The lowest BCUT2D eigenvalue weighted by molar-refractivity contribution is 0.163. The zero-order valence-corrected chi connectivity index (χ0v) is 13.3. The third-order valence-corrected chi connectivity index (χ3v) is 4.87. The molecule has 0 saturated heterocycles. The van der Waals surface area contributed by atoms with Gasteiger partial charge in [0.05, 0.1) is 12.4 Å². The van der Waals surface area contributed by atoms with Crippen molar-refractivity contribution in [2.24, 2.45) is 11.7 Å². The van der Waals surface area contributed by atoms with Crippen LogP contribution in [0.15, 0.2) is 0 Å². The Labute approximate surface area is 123 Å². The lowest BCUT2D eigenvalue weighted by Crippen LogP contribution is -2.47. The van der Waals surface area contributed by atoms with Crippen LogP contribution in [-0.2, 0) is 14.8 Å². The van der Waals surface area contributed by atoms with Gasteiger partial charge in [-0.3, -0.25) is 0 Å². The Morgan fingerprint density at radius 3 is 2.47 bits per heavy atom. The average Bonchev–Trinajstić information content (AvgIpc) is 2.37. The summed E-state index contributed by atoms with van der Waals surface area (Å²) < 4.78 is 31.6. The molecule has 0 aromatic rings. The Morgan fingerprint density at radius 2 is 1.95 bits per heavy atom. The maximum absolute atomic E-state index is 11.9. The van der Waals surface area contributed by atoms with Crippen LogP contribution in [0.2, 0.25) is 0 Å². The zero-order chi connectivity index (χ0) is 13.4. The lowest BCUT2D eigenvalue weighted by atomic mass is 9.84. The van der Waals surface area contributed by atoms with Crippen molar-refractivity contribution in [3.8, 4) is 0 Å². The molecule has 3 N–H and O–H groups in total. The van der Waals surface area contributed by atoms with E-state index < -0.39 is 10.0 Å². The largest absolute Gasteiger partial charge is 0.381 e. The van der Waals surface area contributed by atoms with Gasteiger partial charge in [-0.15, -0.1) is 12.4 Å². The number of hydrogen-bond acceptors (Lipinski definition) is 4. The molecule has 0 radical (unpaired) electrons. The fourth-order valence-corrected chi connectivity index (χ4v) is 3.68. The van der Waals surface area contributed by atoms with Crippen LogP contribution >= 0.6 is 12.4 Å². The van der Waals surface area contributed by atoms with E-state index in [-0.39, 0.29) is 30.8 Å². The standard InChI is InChI=1S/C12H26N2O3S.ClH/c1-2-17-8-9-18(15,16)14-12(10-13)11-6-4-3-5-7-11;/h11-12,14H,2-10,13H2,1H3;1H. The smallest absolute Gasteiger partial charge is 0.214 e. The van der Waals surface area contributed by atoms with Gasteiger partial charge >= 0.3 is 0 Å². The number of sulfonamides is 1. The molecule has 0 aromatic heterocycles. The highest BCUT2D eigenvalue weighted by Crippen LogP contribution is 2.26. The highest BCUT2D eigenvalue weighted by Gasteiger charge is 2.26. The van der Waals surface area contributed by atoms with Crippen molar-refractivity contribution >= 4 is 22.4 Å². The third kappa shape index (κ3) is 7.46. The summed E-state index contributed by atoms with van der Waals surface area (Å²) in [5, 5.41) is 0. The first-order chi connectivity index (χ1) is 8.59. The molecular weight excluding hydrogens is 288 g/mol. The van der Waals surface area contributed by atoms with E-state index in [9.17, 15) is 8.42 Å². The summed E-state index contributed by atoms with van der Waals surface area (Å²) in [6, 6.07) is -0.114. The number of hydrogen-bond donors (Lipinski definition) is 2. The number of ether oxygens (including phenoxy) is 1. The van der Waals surface area contributed by atoms with Crippen LogP contribution < -0.4 is 10.5 Å². The molecular formula is C12H27ClN2O3S. The second-order valence-electron chi connectivity index (χ2n) is 4.87.